The van der Waals surface area contributed by atoms with E-state index in [-0.39, 0.29) is 23.5 Å². The molecule has 2 aliphatic heterocycles. The van der Waals surface area contributed by atoms with E-state index in [2.05, 4.69) is 5.32 Å². The van der Waals surface area contributed by atoms with Gasteiger partial charge in [-0.25, -0.2) is 8.42 Å². The molecule has 166 valence electrons. The van der Waals surface area contributed by atoms with Gasteiger partial charge in [-0.2, -0.15) is 4.31 Å². The largest absolute Gasteiger partial charge is 0.494 e. The first-order valence-corrected chi connectivity index (χ1v) is 12.2. The molecule has 2 aromatic rings. The summed E-state index contributed by atoms with van der Waals surface area (Å²) in [5.41, 5.74) is 2.36. The van der Waals surface area contributed by atoms with E-state index in [1.165, 1.54) is 16.4 Å². The molecule has 2 aromatic carbocycles. The predicted molar refractivity (Wildman–Crippen MR) is 117 cm³/mol. The third-order valence-electron chi connectivity index (χ3n) is 5.64. The lowest BCUT2D eigenvalue weighted by atomic mass is 10.1. The number of hydrogen-bond acceptors (Lipinski definition) is 5. The molecule has 1 fully saturated rings. The smallest absolute Gasteiger partial charge is 0.251 e. The third kappa shape index (κ3) is 4.55. The minimum atomic E-state index is -3.49. The summed E-state index contributed by atoms with van der Waals surface area (Å²) in [6, 6.07) is 10.0. The lowest BCUT2D eigenvalue weighted by Crippen LogP contribution is -2.28. The average Bonchev–Trinajstić information content (AvgIpc) is 3.41. The summed E-state index contributed by atoms with van der Waals surface area (Å²) in [6.07, 6.45) is 2.74. The molecular weight excluding hydrogens is 416 g/mol. The summed E-state index contributed by atoms with van der Waals surface area (Å²) in [4.78, 5) is 12.9. The maximum Gasteiger partial charge on any atom is 0.251 e. The maximum atomic E-state index is 12.6. The molecule has 0 bridgehead atoms. The summed E-state index contributed by atoms with van der Waals surface area (Å²) in [5.74, 6) is 1.30. The molecule has 1 N–H and O–H groups in total. The Balaban J connectivity index is 1.45. The minimum absolute atomic E-state index is 0.129. The van der Waals surface area contributed by atoms with Gasteiger partial charge in [-0.05, 0) is 63.1 Å². The number of carbonyl (C=O) groups excluding carboxylic acids is 1. The van der Waals surface area contributed by atoms with Gasteiger partial charge in [-0.15, -0.1) is 0 Å². The zero-order valence-electron chi connectivity index (χ0n) is 17.9. The maximum absolute atomic E-state index is 12.6. The van der Waals surface area contributed by atoms with Gasteiger partial charge >= 0.3 is 0 Å². The van der Waals surface area contributed by atoms with Gasteiger partial charge in [0, 0.05) is 42.7 Å². The summed E-state index contributed by atoms with van der Waals surface area (Å²) in [6.45, 7) is 5.87. The van der Waals surface area contributed by atoms with Crippen LogP contribution in [-0.2, 0) is 23.0 Å². The van der Waals surface area contributed by atoms with Gasteiger partial charge in [0.2, 0.25) is 10.0 Å². The van der Waals surface area contributed by atoms with Gasteiger partial charge in [0.25, 0.3) is 5.91 Å². The van der Waals surface area contributed by atoms with E-state index in [4.69, 9.17) is 9.47 Å². The van der Waals surface area contributed by atoms with E-state index in [1.807, 2.05) is 26.0 Å². The minimum Gasteiger partial charge on any atom is -0.494 e. The molecule has 0 aliphatic carbocycles. The average molecular weight is 445 g/mol. The number of carbonyl (C=O) groups is 1. The molecule has 7 nitrogen and oxygen atoms in total. The Kier molecular flexibility index (Phi) is 6.20. The summed E-state index contributed by atoms with van der Waals surface area (Å²) in [7, 11) is -3.49. The zero-order valence-corrected chi connectivity index (χ0v) is 18.7. The van der Waals surface area contributed by atoms with Crippen molar-refractivity contribution in [1.82, 2.24) is 9.62 Å². The Morgan fingerprint density at radius 3 is 2.58 bits per heavy atom. The van der Waals surface area contributed by atoms with E-state index in [1.54, 1.807) is 12.1 Å². The fourth-order valence-electron chi connectivity index (χ4n) is 4.04. The molecule has 4 rings (SSSR count). The number of sulfonamides is 1. The number of hydrogen-bond donors (Lipinski definition) is 1. The van der Waals surface area contributed by atoms with Crippen molar-refractivity contribution < 1.29 is 22.7 Å². The fourth-order valence-corrected chi connectivity index (χ4v) is 5.56. The Morgan fingerprint density at radius 2 is 1.90 bits per heavy atom. The molecular formula is C23H28N2O5S. The Labute approximate surface area is 183 Å². The van der Waals surface area contributed by atoms with Crippen LogP contribution in [0.4, 0.5) is 0 Å². The Morgan fingerprint density at radius 1 is 1.19 bits per heavy atom. The van der Waals surface area contributed by atoms with Crippen LogP contribution in [0, 0.1) is 0 Å². The van der Waals surface area contributed by atoms with Crippen LogP contribution in [0.25, 0.3) is 0 Å². The molecule has 0 saturated carbocycles. The van der Waals surface area contributed by atoms with E-state index < -0.39 is 10.0 Å². The standard InChI is InChI=1S/C23H28N2O5S/c1-3-29-21-13-18-12-16(2)30-22(18)14-19(21)15-24-23(26)17-6-8-20(9-7-17)31(27,28)25-10-4-5-11-25/h6-9,13-14,16H,3-5,10-12,15H2,1-2H3,(H,24,26)/t16-/m0/s1. The molecule has 1 atom stereocenters. The van der Waals surface area contributed by atoms with Crippen LogP contribution in [0.1, 0.15) is 48.2 Å². The highest BCUT2D eigenvalue weighted by molar-refractivity contribution is 7.89. The molecule has 1 amide bonds. The lowest BCUT2D eigenvalue weighted by molar-refractivity contribution is 0.0950. The fraction of sp³-hybridized carbons (Fsp3) is 0.435. The van der Waals surface area contributed by atoms with E-state index in [0.717, 1.165) is 41.9 Å². The molecule has 2 heterocycles. The second-order valence-corrected chi connectivity index (χ2v) is 9.89. The highest BCUT2D eigenvalue weighted by Gasteiger charge is 2.27. The number of nitrogens with zero attached hydrogens (tertiary/aromatic N) is 1. The van der Waals surface area contributed by atoms with Crippen LogP contribution >= 0.6 is 0 Å². The summed E-state index contributed by atoms with van der Waals surface area (Å²) >= 11 is 0. The van der Waals surface area contributed by atoms with Crippen LogP contribution in [0.3, 0.4) is 0 Å². The first-order chi connectivity index (χ1) is 14.9. The zero-order chi connectivity index (χ0) is 22.0. The van der Waals surface area contributed by atoms with Crippen molar-refractivity contribution in [3.05, 3.63) is 53.1 Å². The van der Waals surface area contributed by atoms with Crippen molar-refractivity contribution in [2.75, 3.05) is 19.7 Å². The molecule has 8 heteroatoms. The SMILES string of the molecule is CCOc1cc2c(cc1CNC(=O)c1ccc(S(=O)(=O)N3CCCC3)cc1)O[C@@H](C)C2. The van der Waals surface area contributed by atoms with Crippen LogP contribution in [0.15, 0.2) is 41.3 Å². The highest BCUT2D eigenvalue weighted by Crippen LogP contribution is 2.35. The number of ether oxygens (including phenoxy) is 2. The molecule has 0 radical (unpaired) electrons. The normalized spacial score (nSPS) is 18.5. The van der Waals surface area contributed by atoms with Crippen LogP contribution in [-0.4, -0.2) is 44.4 Å². The lowest BCUT2D eigenvalue weighted by Gasteiger charge is -2.16. The van der Waals surface area contributed by atoms with E-state index in [0.29, 0.717) is 25.3 Å². The van der Waals surface area contributed by atoms with Gasteiger partial charge in [0.1, 0.15) is 17.6 Å². The second-order valence-electron chi connectivity index (χ2n) is 7.95. The Bertz CT molecular complexity index is 1060. The number of benzene rings is 2. The van der Waals surface area contributed by atoms with Gasteiger partial charge in [-0.1, -0.05) is 0 Å². The Hall–Kier alpha value is -2.58. The number of rotatable bonds is 7. The number of amides is 1. The molecule has 31 heavy (non-hydrogen) atoms. The van der Waals surface area contributed by atoms with Crippen molar-refractivity contribution in [3.63, 3.8) is 0 Å². The molecule has 0 spiro atoms. The van der Waals surface area contributed by atoms with Crippen molar-refractivity contribution >= 4 is 15.9 Å². The number of fused-ring (bicyclic) bond motifs is 1. The van der Waals surface area contributed by atoms with Gasteiger partial charge in [0.05, 0.1) is 11.5 Å². The van der Waals surface area contributed by atoms with Gasteiger partial charge in [0.15, 0.2) is 0 Å². The van der Waals surface area contributed by atoms with E-state index >= 15 is 0 Å². The molecule has 2 aliphatic rings. The van der Waals surface area contributed by atoms with Crippen LogP contribution < -0.4 is 14.8 Å². The van der Waals surface area contributed by atoms with Crippen molar-refractivity contribution in [3.8, 4) is 11.5 Å². The first kappa shape index (κ1) is 21.6. The summed E-state index contributed by atoms with van der Waals surface area (Å²) in [5, 5.41) is 2.90. The first-order valence-electron chi connectivity index (χ1n) is 10.7. The topological polar surface area (TPSA) is 84.9 Å². The van der Waals surface area contributed by atoms with Gasteiger partial charge < -0.3 is 14.8 Å². The quantitative estimate of drug-likeness (QED) is 0.709. The van der Waals surface area contributed by atoms with E-state index in [9.17, 15) is 13.2 Å². The monoisotopic (exact) mass is 444 g/mol. The predicted octanol–water partition coefficient (Wildman–Crippen LogP) is 3.12. The number of nitrogens with one attached hydrogen (secondary N) is 1. The third-order valence-corrected chi connectivity index (χ3v) is 7.55. The van der Waals surface area contributed by atoms with Crippen molar-refractivity contribution in [2.45, 2.75) is 50.7 Å². The van der Waals surface area contributed by atoms with Crippen LogP contribution in [0.2, 0.25) is 0 Å². The summed E-state index contributed by atoms with van der Waals surface area (Å²) < 4.78 is 38.4. The molecule has 0 aromatic heterocycles. The van der Waals surface area contributed by atoms with Crippen molar-refractivity contribution in [1.29, 1.82) is 0 Å². The molecule has 1 saturated heterocycles. The van der Waals surface area contributed by atoms with Crippen molar-refractivity contribution in [2.24, 2.45) is 0 Å². The second kappa shape index (κ2) is 8.88. The molecule has 0 unspecified atom stereocenters. The van der Waals surface area contributed by atoms with Gasteiger partial charge in [-0.3, -0.25) is 4.79 Å². The highest BCUT2D eigenvalue weighted by atomic mass is 32.2. The van der Waals surface area contributed by atoms with Crippen LogP contribution in [0.5, 0.6) is 11.5 Å².